The Morgan fingerprint density at radius 2 is 2.10 bits per heavy atom. The molecule has 0 atom stereocenters. The fraction of sp³-hybridized carbons (Fsp3) is 0.500. The summed E-state index contributed by atoms with van der Waals surface area (Å²) in [7, 11) is -3.80. The van der Waals surface area contributed by atoms with Gasteiger partial charge in [-0.3, -0.25) is 0 Å². The Kier molecular flexibility index (Phi) is 6.17. The van der Waals surface area contributed by atoms with Crippen molar-refractivity contribution in [3.8, 4) is 6.07 Å². The van der Waals surface area contributed by atoms with Crippen LogP contribution in [0.3, 0.4) is 0 Å². The van der Waals surface area contributed by atoms with E-state index in [1.807, 2.05) is 19.9 Å². The van der Waals surface area contributed by atoms with E-state index in [0.717, 1.165) is 0 Å². The number of nitrogens with one attached hydrogen (secondary N) is 1. The summed E-state index contributed by atoms with van der Waals surface area (Å²) in [5, 5.41) is 18.1. The molecule has 5 nitrogen and oxygen atoms in total. The first-order chi connectivity index (χ1) is 9.72. The van der Waals surface area contributed by atoms with Gasteiger partial charge in [-0.1, -0.05) is 25.4 Å². The molecule has 2 N–H and O–H groups in total. The predicted molar refractivity (Wildman–Crippen MR) is 81.5 cm³/mol. The van der Waals surface area contributed by atoms with Crippen molar-refractivity contribution >= 4 is 21.6 Å². The third-order valence-corrected chi connectivity index (χ3v) is 4.78. The molecule has 1 aromatic rings. The minimum absolute atomic E-state index is 0.0556. The zero-order chi connectivity index (χ0) is 16.1. The van der Waals surface area contributed by atoms with Crippen LogP contribution in [0.25, 0.3) is 0 Å². The minimum atomic E-state index is -3.80. The number of hydrogen-bond acceptors (Lipinski definition) is 4. The minimum Gasteiger partial charge on any atom is -0.396 e. The van der Waals surface area contributed by atoms with Crippen LogP contribution in [0, 0.1) is 16.7 Å². The number of nitrogens with zero attached hydrogens (tertiary/aromatic N) is 1. The third-order valence-electron chi connectivity index (χ3n) is 3.11. The third kappa shape index (κ3) is 5.29. The fourth-order valence-corrected chi connectivity index (χ4v) is 3.48. The molecule has 0 saturated heterocycles. The van der Waals surface area contributed by atoms with E-state index < -0.39 is 10.0 Å². The molecule has 0 bridgehead atoms. The molecule has 0 heterocycles. The molecular weight excluding hydrogens is 312 g/mol. The van der Waals surface area contributed by atoms with Gasteiger partial charge in [0, 0.05) is 18.2 Å². The van der Waals surface area contributed by atoms with E-state index in [2.05, 4.69) is 4.72 Å². The SMILES string of the molecule is CC(C)(CCCO)CNS(=O)(=O)c1cc(Cl)ccc1C#N. The number of rotatable bonds is 7. The molecule has 0 amide bonds. The fourth-order valence-electron chi connectivity index (χ4n) is 1.83. The maximum atomic E-state index is 12.3. The van der Waals surface area contributed by atoms with E-state index >= 15 is 0 Å². The topological polar surface area (TPSA) is 90.2 Å². The van der Waals surface area contributed by atoms with Crippen molar-refractivity contribution in [2.75, 3.05) is 13.2 Å². The van der Waals surface area contributed by atoms with Crippen LogP contribution in [0.15, 0.2) is 23.1 Å². The molecule has 0 aliphatic rings. The van der Waals surface area contributed by atoms with Crippen LogP contribution in [0.2, 0.25) is 5.02 Å². The average molecular weight is 331 g/mol. The van der Waals surface area contributed by atoms with Gasteiger partial charge >= 0.3 is 0 Å². The number of sulfonamides is 1. The zero-order valence-corrected chi connectivity index (χ0v) is 13.6. The number of nitriles is 1. The Bertz CT molecular complexity index is 636. The van der Waals surface area contributed by atoms with Gasteiger partial charge in [0.25, 0.3) is 0 Å². The summed E-state index contributed by atoms with van der Waals surface area (Å²) < 4.78 is 27.1. The summed E-state index contributed by atoms with van der Waals surface area (Å²) in [5.41, 5.74) is -0.235. The largest absolute Gasteiger partial charge is 0.396 e. The van der Waals surface area contributed by atoms with Crippen LogP contribution < -0.4 is 4.72 Å². The highest BCUT2D eigenvalue weighted by Crippen LogP contribution is 2.24. The quantitative estimate of drug-likeness (QED) is 0.802. The molecule has 7 heteroatoms. The van der Waals surface area contributed by atoms with Crippen molar-refractivity contribution < 1.29 is 13.5 Å². The van der Waals surface area contributed by atoms with Gasteiger partial charge in [0.05, 0.1) is 5.56 Å². The van der Waals surface area contributed by atoms with Gasteiger partial charge in [0.2, 0.25) is 10.0 Å². The number of halogens is 1. The van der Waals surface area contributed by atoms with Gasteiger partial charge in [0.15, 0.2) is 0 Å². The second-order valence-corrected chi connectivity index (χ2v) is 7.74. The highest BCUT2D eigenvalue weighted by Gasteiger charge is 2.24. The Balaban J connectivity index is 2.93. The van der Waals surface area contributed by atoms with E-state index in [0.29, 0.717) is 12.8 Å². The van der Waals surface area contributed by atoms with Crippen molar-refractivity contribution in [2.45, 2.75) is 31.6 Å². The number of benzene rings is 1. The predicted octanol–water partition coefficient (Wildman–Crippen LogP) is 2.29. The van der Waals surface area contributed by atoms with E-state index in [1.54, 1.807) is 0 Å². The molecule has 21 heavy (non-hydrogen) atoms. The second kappa shape index (κ2) is 7.23. The highest BCUT2D eigenvalue weighted by molar-refractivity contribution is 7.89. The lowest BCUT2D eigenvalue weighted by Crippen LogP contribution is -2.34. The summed E-state index contributed by atoms with van der Waals surface area (Å²) in [5.74, 6) is 0. The molecule has 0 aliphatic carbocycles. The van der Waals surface area contributed by atoms with E-state index in [1.165, 1.54) is 18.2 Å². The zero-order valence-electron chi connectivity index (χ0n) is 12.1. The summed E-state index contributed by atoms with van der Waals surface area (Å²) in [4.78, 5) is -0.115. The summed E-state index contributed by atoms with van der Waals surface area (Å²) in [6.45, 7) is 4.11. The second-order valence-electron chi connectivity index (χ2n) is 5.57. The first kappa shape index (κ1) is 17.9. The maximum Gasteiger partial charge on any atom is 0.241 e. The Morgan fingerprint density at radius 3 is 2.67 bits per heavy atom. The summed E-state index contributed by atoms with van der Waals surface area (Å²) in [6, 6.07) is 5.98. The van der Waals surface area contributed by atoms with Gasteiger partial charge in [-0.25, -0.2) is 13.1 Å². The van der Waals surface area contributed by atoms with Crippen LogP contribution in [0.5, 0.6) is 0 Å². The molecule has 0 aliphatic heterocycles. The van der Waals surface area contributed by atoms with Crippen LogP contribution in [0.1, 0.15) is 32.3 Å². The number of hydrogen-bond donors (Lipinski definition) is 2. The highest BCUT2D eigenvalue weighted by atomic mass is 35.5. The summed E-state index contributed by atoms with van der Waals surface area (Å²) >= 11 is 5.81. The molecule has 0 unspecified atom stereocenters. The van der Waals surface area contributed by atoms with Gasteiger partial charge in [-0.2, -0.15) is 5.26 Å². The van der Waals surface area contributed by atoms with Crippen LogP contribution >= 0.6 is 11.6 Å². The lowest BCUT2D eigenvalue weighted by Gasteiger charge is -2.24. The van der Waals surface area contributed by atoms with Gasteiger partial charge in [-0.05, 0) is 36.5 Å². The molecule has 116 valence electrons. The smallest absolute Gasteiger partial charge is 0.241 e. The Morgan fingerprint density at radius 1 is 1.43 bits per heavy atom. The van der Waals surface area contributed by atoms with Gasteiger partial charge < -0.3 is 5.11 Å². The maximum absolute atomic E-state index is 12.3. The van der Waals surface area contributed by atoms with E-state index in [4.69, 9.17) is 22.0 Å². The number of aliphatic hydroxyl groups is 1. The van der Waals surface area contributed by atoms with Crippen molar-refractivity contribution in [1.82, 2.24) is 4.72 Å². The normalized spacial score (nSPS) is 12.1. The monoisotopic (exact) mass is 330 g/mol. The molecule has 0 fully saturated rings. The van der Waals surface area contributed by atoms with Crippen molar-refractivity contribution in [3.63, 3.8) is 0 Å². The molecule has 0 spiro atoms. The Hall–Kier alpha value is -1.13. The van der Waals surface area contributed by atoms with Crippen LogP contribution in [-0.4, -0.2) is 26.7 Å². The molecule has 1 aromatic carbocycles. The van der Waals surface area contributed by atoms with Crippen LogP contribution in [-0.2, 0) is 10.0 Å². The first-order valence-corrected chi connectivity index (χ1v) is 8.38. The lowest BCUT2D eigenvalue weighted by atomic mass is 9.88. The first-order valence-electron chi connectivity index (χ1n) is 6.52. The van der Waals surface area contributed by atoms with E-state index in [-0.39, 0.29) is 34.0 Å². The molecule has 0 saturated carbocycles. The van der Waals surface area contributed by atoms with Crippen LogP contribution in [0.4, 0.5) is 0 Å². The van der Waals surface area contributed by atoms with Crippen molar-refractivity contribution in [3.05, 3.63) is 28.8 Å². The van der Waals surface area contributed by atoms with Gasteiger partial charge in [-0.15, -0.1) is 0 Å². The molecule has 1 rings (SSSR count). The van der Waals surface area contributed by atoms with Gasteiger partial charge in [0.1, 0.15) is 11.0 Å². The lowest BCUT2D eigenvalue weighted by molar-refractivity contribution is 0.242. The molecule has 0 radical (unpaired) electrons. The van der Waals surface area contributed by atoms with Crippen molar-refractivity contribution in [1.29, 1.82) is 5.26 Å². The summed E-state index contributed by atoms with van der Waals surface area (Å²) in [6.07, 6.45) is 1.29. The average Bonchev–Trinajstić information content (AvgIpc) is 2.43. The standard InChI is InChI=1S/C14H19ClN2O3S/c1-14(2,6-3-7-18)10-17-21(19,20)13-8-12(15)5-4-11(13)9-16/h4-5,8,17-18H,3,6-7,10H2,1-2H3. The Labute approximate surface area is 130 Å². The van der Waals surface area contributed by atoms with E-state index in [9.17, 15) is 8.42 Å². The number of aliphatic hydroxyl groups excluding tert-OH is 1. The van der Waals surface area contributed by atoms with Crippen molar-refractivity contribution in [2.24, 2.45) is 5.41 Å². The molecule has 0 aromatic heterocycles. The molecular formula is C14H19ClN2O3S.